The van der Waals surface area contributed by atoms with Gasteiger partial charge in [-0.3, -0.25) is 0 Å². The van der Waals surface area contributed by atoms with Crippen molar-refractivity contribution < 1.29 is 5.11 Å². The SMILES string of the molecule is Nc1ccc(-c2nc3ccc(O)cc3s2)c(Cl)c1. The van der Waals surface area contributed by atoms with Gasteiger partial charge >= 0.3 is 0 Å². The van der Waals surface area contributed by atoms with Gasteiger partial charge < -0.3 is 10.8 Å². The van der Waals surface area contributed by atoms with Crippen molar-refractivity contribution in [2.45, 2.75) is 0 Å². The van der Waals surface area contributed by atoms with Crippen LogP contribution in [0.15, 0.2) is 36.4 Å². The first-order valence-electron chi connectivity index (χ1n) is 5.28. The summed E-state index contributed by atoms with van der Waals surface area (Å²) in [6.45, 7) is 0. The highest BCUT2D eigenvalue weighted by Crippen LogP contribution is 2.36. The first kappa shape index (κ1) is 11.3. The zero-order valence-corrected chi connectivity index (χ0v) is 10.8. The van der Waals surface area contributed by atoms with Crippen LogP contribution < -0.4 is 5.73 Å². The second-order valence-electron chi connectivity index (χ2n) is 3.91. The normalized spacial score (nSPS) is 10.9. The van der Waals surface area contributed by atoms with Crippen molar-refractivity contribution in [2.24, 2.45) is 0 Å². The standard InChI is InChI=1S/C13H9ClN2OS/c14-10-5-7(15)1-3-9(10)13-16-11-4-2-8(17)6-12(11)18-13/h1-6,17H,15H2. The number of nitrogens with two attached hydrogens (primary N) is 1. The Labute approximate surface area is 112 Å². The number of hydrogen-bond donors (Lipinski definition) is 2. The molecule has 1 heterocycles. The lowest BCUT2D eigenvalue weighted by atomic mass is 10.2. The smallest absolute Gasteiger partial charge is 0.126 e. The molecule has 3 N–H and O–H groups in total. The van der Waals surface area contributed by atoms with Gasteiger partial charge in [0.05, 0.1) is 15.2 Å². The lowest BCUT2D eigenvalue weighted by molar-refractivity contribution is 0.476. The van der Waals surface area contributed by atoms with Crippen molar-refractivity contribution in [1.82, 2.24) is 4.98 Å². The molecule has 0 bridgehead atoms. The van der Waals surface area contributed by atoms with E-state index in [9.17, 15) is 5.11 Å². The molecule has 0 aliphatic rings. The predicted octanol–water partition coefficient (Wildman–Crippen LogP) is 3.90. The van der Waals surface area contributed by atoms with E-state index in [1.165, 1.54) is 11.3 Å². The molecule has 0 unspecified atom stereocenters. The van der Waals surface area contributed by atoms with Gasteiger partial charge in [-0.2, -0.15) is 0 Å². The van der Waals surface area contributed by atoms with Gasteiger partial charge in [-0.1, -0.05) is 11.6 Å². The number of anilines is 1. The number of nitrogens with zero attached hydrogens (tertiary/aromatic N) is 1. The molecule has 0 aliphatic heterocycles. The summed E-state index contributed by atoms with van der Waals surface area (Å²) in [6.07, 6.45) is 0. The number of hydrogen-bond acceptors (Lipinski definition) is 4. The van der Waals surface area contributed by atoms with Crippen molar-refractivity contribution in [3.63, 3.8) is 0 Å². The van der Waals surface area contributed by atoms with Crippen LogP contribution in [0.25, 0.3) is 20.8 Å². The summed E-state index contributed by atoms with van der Waals surface area (Å²) in [4.78, 5) is 4.50. The molecule has 0 amide bonds. The fraction of sp³-hybridized carbons (Fsp3) is 0. The third-order valence-corrected chi connectivity index (χ3v) is 3.96. The number of benzene rings is 2. The van der Waals surface area contributed by atoms with Crippen LogP contribution in [0.4, 0.5) is 5.69 Å². The number of halogens is 1. The Bertz CT molecular complexity index is 739. The van der Waals surface area contributed by atoms with E-state index in [-0.39, 0.29) is 5.75 Å². The first-order chi connectivity index (χ1) is 8.63. The van der Waals surface area contributed by atoms with Crippen LogP contribution in [0.2, 0.25) is 5.02 Å². The molecule has 3 rings (SSSR count). The number of aromatic nitrogens is 1. The highest BCUT2D eigenvalue weighted by molar-refractivity contribution is 7.21. The topological polar surface area (TPSA) is 59.1 Å². The maximum Gasteiger partial charge on any atom is 0.126 e. The molecule has 0 atom stereocenters. The molecular formula is C13H9ClN2OS. The van der Waals surface area contributed by atoms with Crippen LogP contribution >= 0.6 is 22.9 Å². The predicted molar refractivity (Wildman–Crippen MR) is 76.1 cm³/mol. The zero-order chi connectivity index (χ0) is 12.7. The second-order valence-corrected chi connectivity index (χ2v) is 5.35. The van der Waals surface area contributed by atoms with Crippen molar-refractivity contribution in [3.05, 3.63) is 41.4 Å². The van der Waals surface area contributed by atoms with Gasteiger partial charge in [-0.15, -0.1) is 11.3 Å². The molecular weight excluding hydrogens is 268 g/mol. The minimum Gasteiger partial charge on any atom is -0.508 e. The molecule has 0 aliphatic carbocycles. The zero-order valence-electron chi connectivity index (χ0n) is 9.22. The largest absolute Gasteiger partial charge is 0.508 e. The van der Waals surface area contributed by atoms with E-state index in [4.69, 9.17) is 17.3 Å². The molecule has 5 heteroatoms. The summed E-state index contributed by atoms with van der Waals surface area (Å²) in [5.41, 5.74) is 7.99. The maximum atomic E-state index is 9.44. The van der Waals surface area contributed by atoms with Crippen LogP contribution in [0.5, 0.6) is 5.75 Å². The molecule has 2 aromatic carbocycles. The van der Waals surface area contributed by atoms with Crippen molar-refractivity contribution in [2.75, 3.05) is 5.73 Å². The number of fused-ring (bicyclic) bond motifs is 1. The van der Waals surface area contributed by atoms with Gasteiger partial charge in [-0.25, -0.2) is 4.98 Å². The molecule has 0 saturated heterocycles. The van der Waals surface area contributed by atoms with Gasteiger partial charge in [0.25, 0.3) is 0 Å². The number of phenols is 1. The Morgan fingerprint density at radius 3 is 2.78 bits per heavy atom. The van der Waals surface area contributed by atoms with Crippen LogP contribution in [0.1, 0.15) is 0 Å². The molecule has 0 fully saturated rings. The summed E-state index contributed by atoms with van der Waals surface area (Å²) >= 11 is 7.65. The van der Waals surface area contributed by atoms with Gasteiger partial charge in [0.2, 0.25) is 0 Å². The van der Waals surface area contributed by atoms with Gasteiger partial charge in [-0.05, 0) is 36.4 Å². The van der Waals surface area contributed by atoms with Gasteiger partial charge in [0.1, 0.15) is 10.8 Å². The fourth-order valence-electron chi connectivity index (χ4n) is 1.73. The maximum absolute atomic E-state index is 9.44. The summed E-state index contributed by atoms with van der Waals surface area (Å²) < 4.78 is 0.929. The quantitative estimate of drug-likeness (QED) is 0.663. The van der Waals surface area contributed by atoms with Crippen LogP contribution in [-0.4, -0.2) is 10.1 Å². The fourth-order valence-corrected chi connectivity index (χ4v) is 3.11. The number of phenolic OH excluding ortho intramolecular Hbond substituents is 1. The summed E-state index contributed by atoms with van der Waals surface area (Å²) in [7, 11) is 0. The Balaban J connectivity index is 2.19. The molecule has 90 valence electrons. The minimum absolute atomic E-state index is 0.237. The number of nitrogen functional groups attached to an aromatic ring is 1. The molecule has 0 radical (unpaired) electrons. The Morgan fingerprint density at radius 1 is 1.17 bits per heavy atom. The summed E-state index contributed by atoms with van der Waals surface area (Å²) in [5, 5.41) is 10.8. The van der Waals surface area contributed by atoms with Crippen LogP contribution in [0.3, 0.4) is 0 Å². The average molecular weight is 277 g/mol. The van der Waals surface area contributed by atoms with E-state index in [0.29, 0.717) is 10.7 Å². The molecule has 18 heavy (non-hydrogen) atoms. The summed E-state index contributed by atoms with van der Waals surface area (Å²) in [6, 6.07) is 10.5. The summed E-state index contributed by atoms with van der Waals surface area (Å²) in [5.74, 6) is 0.237. The Morgan fingerprint density at radius 2 is 2.00 bits per heavy atom. The van der Waals surface area contributed by atoms with Crippen LogP contribution in [-0.2, 0) is 0 Å². The number of aromatic hydroxyl groups is 1. The van der Waals surface area contributed by atoms with Gasteiger partial charge in [0.15, 0.2) is 0 Å². The third kappa shape index (κ3) is 1.89. The first-order valence-corrected chi connectivity index (χ1v) is 6.48. The van der Waals surface area contributed by atoms with E-state index in [0.717, 1.165) is 20.8 Å². The lowest BCUT2D eigenvalue weighted by Crippen LogP contribution is -1.85. The van der Waals surface area contributed by atoms with E-state index in [1.807, 2.05) is 6.07 Å². The molecule has 3 aromatic rings. The molecule has 1 aromatic heterocycles. The van der Waals surface area contributed by atoms with Crippen LogP contribution in [0, 0.1) is 0 Å². The Hall–Kier alpha value is -1.78. The van der Waals surface area contributed by atoms with E-state index in [1.54, 1.807) is 30.3 Å². The minimum atomic E-state index is 0.237. The molecule has 3 nitrogen and oxygen atoms in total. The van der Waals surface area contributed by atoms with Gasteiger partial charge in [0, 0.05) is 11.3 Å². The van der Waals surface area contributed by atoms with Crippen molar-refractivity contribution in [3.8, 4) is 16.3 Å². The average Bonchev–Trinajstić information content (AvgIpc) is 2.71. The lowest BCUT2D eigenvalue weighted by Gasteiger charge is -2.00. The molecule has 0 spiro atoms. The second kappa shape index (κ2) is 4.15. The number of rotatable bonds is 1. The highest BCUT2D eigenvalue weighted by atomic mass is 35.5. The van der Waals surface area contributed by atoms with Crippen molar-refractivity contribution in [1.29, 1.82) is 0 Å². The van der Waals surface area contributed by atoms with Crippen molar-refractivity contribution >= 4 is 38.8 Å². The number of thiazole rings is 1. The molecule has 0 saturated carbocycles. The van der Waals surface area contributed by atoms with E-state index < -0.39 is 0 Å². The highest BCUT2D eigenvalue weighted by Gasteiger charge is 2.10. The van der Waals surface area contributed by atoms with E-state index >= 15 is 0 Å². The third-order valence-electron chi connectivity index (χ3n) is 2.60. The van der Waals surface area contributed by atoms with E-state index in [2.05, 4.69) is 4.98 Å². The monoisotopic (exact) mass is 276 g/mol. The Kier molecular flexibility index (Phi) is 2.61.